The molecule has 1 aromatic rings. The third kappa shape index (κ3) is 3.64. The quantitative estimate of drug-likeness (QED) is 0.779. The third-order valence-electron chi connectivity index (χ3n) is 4.25. The van der Waals surface area contributed by atoms with E-state index in [0.717, 1.165) is 38.4 Å². The van der Waals surface area contributed by atoms with E-state index in [2.05, 4.69) is 53.6 Å². The molecule has 1 saturated carbocycles. The van der Waals surface area contributed by atoms with Crippen LogP contribution >= 0.6 is 15.9 Å². The lowest BCUT2D eigenvalue weighted by Gasteiger charge is -2.18. The Bertz CT molecular complexity index is 447. The second-order valence-electron chi connectivity index (χ2n) is 6.58. The molecule has 4 heteroatoms. The van der Waals surface area contributed by atoms with E-state index in [1.807, 2.05) is 0 Å². The van der Waals surface area contributed by atoms with Gasteiger partial charge in [-0.3, -0.25) is 4.68 Å². The Balaban J connectivity index is 2.04. The zero-order chi connectivity index (χ0) is 14.8. The van der Waals surface area contributed by atoms with Crippen molar-refractivity contribution in [3.8, 4) is 0 Å². The molecule has 1 aromatic heterocycles. The van der Waals surface area contributed by atoms with E-state index < -0.39 is 0 Å². The van der Waals surface area contributed by atoms with Crippen LogP contribution < -0.4 is 5.32 Å². The van der Waals surface area contributed by atoms with E-state index in [9.17, 15) is 0 Å². The van der Waals surface area contributed by atoms with E-state index in [1.54, 1.807) is 0 Å². The van der Waals surface area contributed by atoms with Gasteiger partial charge in [-0.1, -0.05) is 20.8 Å². The molecule has 0 amide bonds. The summed E-state index contributed by atoms with van der Waals surface area (Å²) in [6.07, 6.45) is 4.85. The zero-order valence-corrected chi connectivity index (χ0v) is 14.9. The number of nitrogens with one attached hydrogen (secondary N) is 1. The second kappa shape index (κ2) is 6.61. The maximum Gasteiger partial charge on any atom is 0.0766 e. The summed E-state index contributed by atoms with van der Waals surface area (Å²) < 4.78 is 3.43. The number of hydrogen-bond acceptors (Lipinski definition) is 2. The van der Waals surface area contributed by atoms with Crippen LogP contribution in [0.4, 0.5) is 0 Å². The molecule has 1 aliphatic rings. The van der Waals surface area contributed by atoms with Gasteiger partial charge in [0.05, 0.1) is 15.9 Å². The molecule has 1 N–H and O–H groups in total. The molecule has 0 radical (unpaired) electrons. The Kier molecular flexibility index (Phi) is 5.30. The number of aryl methyl sites for hydroxylation is 2. The molecule has 114 valence electrons. The molecule has 0 bridgehead atoms. The van der Waals surface area contributed by atoms with Crippen LogP contribution in [0.15, 0.2) is 4.47 Å². The minimum absolute atomic E-state index is 0.482. The van der Waals surface area contributed by atoms with Gasteiger partial charge < -0.3 is 5.32 Å². The second-order valence-corrected chi connectivity index (χ2v) is 7.37. The van der Waals surface area contributed by atoms with Gasteiger partial charge in [0.2, 0.25) is 0 Å². The number of hydrogen-bond donors (Lipinski definition) is 1. The smallest absolute Gasteiger partial charge is 0.0766 e. The summed E-state index contributed by atoms with van der Waals surface area (Å²) in [5.41, 5.74) is 3.08. The predicted molar refractivity (Wildman–Crippen MR) is 88.1 cm³/mol. The summed E-state index contributed by atoms with van der Waals surface area (Å²) in [4.78, 5) is 0. The Morgan fingerprint density at radius 1 is 1.35 bits per heavy atom. The number of rotatable bonds is 8. The van der Waals surface area contributed by atoms with E-state index in [4.69, 9.17) is 5.10 Å². The van der Waals surface area contributed by atoms with Crippen molar-refractivity contribution in [2.75, 3.05) is 13.1 Å². The predicted octanol–water partition coefficient (Wildman–Crippen LogP) is 3.80. The maximum atomic E-state index is 4.72. The fourth-order valence-electron chi connectivity index (χ4n) is 2.76. The molecule has 0 atom stereocenters. The summed E-state index contributed by atoms with van der Waals surface area (Å²) in [5, 5.41) is 8.36. The van der Waals surface area contributed by atoms with Gasteiger partial charge in [-0.15, -0.1) is 0 Å². The molecule has 0 saturated heterocycles. The van der Waals surface area contributed by atoms with Crippen molar-refractivity contribution < 1.29 is 0 Å². The molecule has 1 heterocycles. The van der Waals surface area contributed by atoms with Crippen LogP contribution in [-0.2, 0) is 19.4 Å². The van der Waals surface area contributed by atoms with Gasteiger partial charge in [-0.25, -0.2) is 0 Å². The van der Waals surface area contributed by atoms with Crippen LogP contribution in [0.2, 0.25) is 0 Å². The average molecular weight is 342 g/mol. The van der Waals surface area contributed by atoms with Crippen LogP contribution in [0.5, 0.6) is 0 Å². The fraction of sp³-hybridized carbons (Fsp3) is 0.812. The monoisotopic (exact) mass is 341 g/mol. The SMILES string of the molecule is CCc1nn(CC)c(CC2(CNCC(C)C)CC2)c1Br. The summed E-state index contributed by atoms with van der Waals surface area (Å²) in [6.45, 7) is 12.1. The Morgan fingerprint density at radius 2 is 2.05 bits per heavy atom. The molecule has 0 spiro atoms. The topological polar surface area (TPSA) is 29.9 Å². The Hall–Kier alpha value is -0.350. The standard InChI is InChI=1S/C16H28BrN3/c1-5-13-15(17)14(20(6-2)19-13)9-16(7-8-16)11-18-10-12(3)4/h12,18H,5-11H2,1-4H3. The van der Waals surface area contributed by atoms with Gasteiger partial charge in [-0.05, 0) is 66.4 Å². The van der Waals surface area contributed by atoms with Gasteiger partial charge in [0.1, 0.15) is 0 Å². The van der Waals surface area contributed by atoms with Crippen LogP contribution in [0.25, 0.3) is 0 Å². The molecule has 3 nitrogen and oxygen atoms in total. The maximum absolute atomic E-state index is 4.72. The highest BCUT2D eigenvalue weighted by Crippen LogP contribution is 2.48. The third-order valence-corrected chi connectivity index (χ3v) is 5.16. The normalized spacial score (nSPS) is 16.9. The van der Waals surface area contributed by atoms with Crippen molar-refractivity contribution in [1.82, 2.24) is 15.1 Å². The minimum atomic E-state index is 0.482. The molecule has 0 unspecified atom stereocenters. The first-order valence-corrected chi connectivity index (χ1v) is 8.75. The van der Waals surface area contributed by atoms with E-state index in [0.29, 0.717) is 5.41 Å². The number of nitrogens with zero attached hydrogens (tertiary/aromatic N) is 2. The molecule has 1 aliphatic carbocycles. The van der Waals surface area contributed by atoms with Crippen LogP contribution in [0.3, 0.4) is 0 Å². The Labute approximate surface area is 131 Å². The number of aromatic nitrogens is 2. The van der Waals surface area contributed by atoms with Crippen molar-refractivity contribution in [3.05, 3.63) is 15.9 Å². The molecule has 1 fully saturated rings. The summed E-state index contributed by atoms with van der Waals surface area (Å²) >= 11 is 3.77. The van der Waals surface area contributed by atoms with Crippen LogP contribution in [0, 0.1) is 11.3 Å². The summed E-state index contributed by atoms with van der Waals surface area (Å²) in [5.74, 6) is 0.727. The van der Waals surface area contributed by atoms with Crippen LogP contribution in [0.1, 0.15) is 51.9 Å². The Morgan fingerprint density at radius 3 is 2.55 bits per heavy atom. The largest absolute Gasteiger partial charge is 0.316 e. The molecular weight excluding hydrogens is 314 g/mol. The van der Waals surface area contributed by atoms with Crippen molar-refractivity contribution in [1.29, 1.82) is 0 Å². The van der Waals surface area contributed by atoms with Gasteiger partial charge in [-0.2, -0.15) is 5.10 Å². The first kappa shape index (κ1) is 16.0. The highest BCUT2D eigenvalue weighted by atomic mass is 79.9. The van der Waals surface area contributed by atoms with E-state index >= 15 is 0 Å². The van der Waals surface area contributed by atoms with E-state index in [1.165, 1.54) is 28.7 Å². The zero-order valence-electron chi connectivity index (χ0n) is 13.3. The first-order chi connectivity index (χ1) is 9.51. The highest BCUT2D eigenvalue weighted by molar-refractivity contribution is 9.10. The fourth-order valence-corrected chi connectivity index (χ4v) is 3.46. The van der Waals surface area contributed by atoms with Crippen molar-refractivity contribution in [2.45, 2.75) is 59.9 Å². The number of halogens is 1. The minimum Gasteiger partial charge on any atom is -0.316 e. The molecular formula is C16H28BrN3. The average Bonchev–Trinajstić information content (AvgIpc) is 3.10. The van der Waals surface area contributed by atoms with Crippen molar-refractivity contribution in [3.63, 3.8) is 0 Å². The molecule has 0 aliphatic heterocycles. The van der Waals surface area contributed by atoms with Crippen LogP contribution in [-0.4, -0.2) is 22.9 Å². The van der Waals surface area contributed by atoms with E-state index in [-0.39, 0.29) is 0 Å². The molecule has 20 heavy (non-hydrogen) atoms. The highest BCUT2D eigenvalue weighted by Gasteiger charge is 2.43. The van der Waals surface area contributed by atoms with Crippen molar-refractivity contribution >= 4 is 15.9 Å². The van der Waals surface area contributed by atoms with Gasteiger partial charge >= 0.3 is 0 Å². The molecule has 0 aromatic carbocycles. The lowest BCUT2D eigenvalue weighted by molar-refractivity contribution is 0.418. The summed E-state index contributed by atoms with van der Waals surface area (Å²) in [6, 6.07) is 0. The first-order valence-electron chi connectivity index (χ1n) is 7.96. The van der Waals surface area contributed by atoms with Gasteiger partial charge in [0.25, 0.3) is 0 Å². The van der Waals surface area contributed by atoms with Gasteiger partial charge in [0, 0.05) is 13.1 Å². The van der Waals surface area contributed by atoms with Gasteiger partial charge in [0.15, 0.2) is 0 Å². The summed E-state index contributed by atoms with van der Waals surface area (Å²) in [7, 11) is 0. The lowest BCUT2D eigenvalue weighted by Crippen LogP contribution is -2.29. The van der Waals surface area contributed by atoms with Crippen molar-refractivity contribution in [2.24, 2.45) is 11.3 Å². The lowest BCUT2D eigenvalue weighted by atomic mass is 9.99. The molecule has 2 rings (SSSR count).